The third kappa shape index (κ3) is 5.10. The number of benzene rings is 4. The third-order valence-electron chi connectivity index (χ3n) is 5.63. The van der Waals surface area contributed by atoms with Crippen LogP contribution in [0.15, 0.2) is 121 Å². The van der Waals surface area contributed by atoms with Gasteiger partial charge in [0.05, 0.1) is 0 Å². The number of thiocarbonyl (C=S) groups is 1. The Balaban J connectivity index is 1.66. The average molecular weight is 423 g/mol. The van der Waals surface area contributed by atoms with Crippen molar-refractivity contribution in [1.29, 1.82) is 0 Å². The Morgan fingerprint density at radius 3 is 1.23 bits per heavy atom. The number of rotatable bonds is 7. The minimum atomic E-state index is -0.232. The number of hydrogen-bond donors (Lipinski definition) is 0. The van der Waals surface area contributed by atoms with Gasteiger partial charge in [0, 0.05) is 11.8 Å². The second kappa shape index (κ2) is 10.2. The van der Waals surface area contributed by atoms with Gasteiger partial charge in [-0.25, -0.2) is 0 Å². The summed E-state index contributed by atoms with van der Waals surface area (Å²) in [5, 5.41) is 0.621. The molecule has 0 aromatic heterocycles. The van der Waals surface area contributed by atoms with E-state index < -0.39 is 0 Å². The normalized spacial score (nSPS) is 12.0. The molecule has 0 aliphatic rings. The van der Waals surface area contributed by atoms with Gasteiger partial charge in [0.1, 0.15) is 6.10 Å². The molecule has 4 rings (SSSR count). The van der Waals surface area contributed by atoms with Gasteiger partial charge in [-0.05, 0) is 34.5 Å². The van der Waals surface area contributed by atoms with E-state index in [1.807, 2.05) is 48.5 Å². The average Bonchev–Trinajstić information content (AvgIpc) is 2.85. The largest absolute Gasteiger partial charge is 0.474 e. The van der Waals surface area contributed by atoms with E-state index in [9.17, 15) is 0 Å². The van der Waals surface area contributed by atoms with Gasteiger partial charge in [0.2, 0.25) is 0 Å². The van der Waals surface area contributed by atoms with Crippen LogP contribution in [0.4, 0.5) is 0 Å². The first-order chi connectivity index (χ1) is 15.2. The van der Waals surface area contributed by atoms with Crippen LogP contribution in [-0.4, -0.2) is 5.05 Å². The standard InChI is InChI=1S/C29H26OS/c1-22(27(23-14-6-2-7-15-23)24-16-8-3-9-17-24)29(31)30-28(25-18-10-4-11-19-25)26-20-12-5-13-21-26/h2-22,27-28H,1H3. The molecule has 31 heavy (non-hydrogen) atoms. The van der Waals surface area contributed by atoms with Gasteiger partial charge in [0.15, 0.2) is 5.05 Å². The zero-order valence-corrected chi connectivity index (χ0v) is 18.4. The summed E-state index contributed by atoms with van der Waals surface area (Å²) in [4.78, 5) is 0. The minimum absolute atomic E-state index is 0.0229. The molecule has 1 nitrogen and oxygen atoms in total. The van der Waals surface area contributed by atoms with Gasteiger partial charge < -0.3 is 4.74 Å². The lowest BCUT2D eigenvalue weighted by atomic mass is 9.82. The SMILES string of the molecule is CC(C(=S)OC(c1ccccc1)c1ccccc1)C(c1ccccc1)c1ccccc1. The molecule has 1 atom stereocenters. The molecule has 4 aromatic rings. The van der Waals surface area contributed by atoms with Crippen molar-refractivity contribution < 1.29 is 4.74 Å². The predicted molar refractivity (Wildman–Crippen MR) is 132 cm³/mol. The smallest absolute Gasteiger partial charge is 0.164 e. The molecule has 0 fully saturated rings. The number of hydrogen-bond acceptors (Lipinski definition) is 2. The van der Waals surface area contributed by atoms with E-state index in [4.69, 9.17) is 17.0 Å². The molecular formula is C29H26OS. The topological polar surface area (TPSA) is 9.23 Å². The Kier molecular flexibility index (Phi) is 6.91. The van der Waals surface area contributed by atoms with Crippen LogP contribution in [0, 0.1) is 5.92 Å². The predicted octanol–water partition coefficient (Wildman–Crippen LogP) is 7.59. The molecule has 0 radical (unpaired) electrons. The fourth-order valence-electron chi connectivity index (χ4n) is 4.03. The summed E-state index contributed by atoms with van der Waals surface area (Å²) in [6, 6.07) is 41.7. The number of ether oxygens (including phenoxy) is 1. The first kappa shape index (κ1) is 21.0. The van der Waals surface area contributed by atoms with Crippen LogP contribution in [0.5, 0.6) is 0 Å². The van der Waals surface area contributed by atoms with Crippen molar-refractivity contribution in [1.82, 2.24) is 0 Å². The summed E-state index contributed by atoms with van der Waals surface area (Å²) in [5.74, 6) is 0.150. The van der Waals surface area contributed by atoms with E-state index >= 15 is 0 Å². The zero-order chi connectivity index (χ0) is 21.5. The summed E-state index contributed by atoms with van der Waals surface area (Å²) in [6.45, 7) is 2.17. The van der Waals surface area contributed by atoms with E-state index in [1.54, 1.807) is 0 Å². The van der Waals surface area contributed by atoms with Crippen molar-refractivity contribution in [3.8, 4) is 0 Å². The van der Waals surface area contributed by atoms with E-state index in [2.05, 4.69) is 79.7 Å². The molecule has 0 N–H and O–H groups in total. The van der Waals surface area contributed by atoms with Crippen molar-refractivity contribution in [3.63, 3.8) is 0 Å². The van der Waals surface area contributed by atoms with Gasteiger partial charge >= 0.3 is 0 Å². The van der Waals surface area contributed by atoms with Gasteiger partial charge in [0.25, 0.3) is 0 Å². The third-order valence-corrected chi connectivity index (χ3v) is 6.10. The summed E-state index contributed by atoms with van der Waals surface area (Å²) >= 11 is 5.91. The molecule has 0 saturated carbocycles. The van der Waals surface area contributed by atoms with E-state index in [0.717, 1.165) is 11.1 Å². The fraction of sp³-hybridized carbons (Fsp3) is 0.138. The second-order valence-electron chi connectivity index (χ2n) is 7.73. The Bertz CT molecular complexity index is 1000. The van der Waals surface area contributed by atoms with E-state index in [0.29, 0.717) is 5.05 Å². The summed E-state index contributed by atoms with van der Waals surface area (Å²) in [5.41, 5.74) is 4.67. The molecule has 2 heteroatoms. The lowest BCUT2D eigenvalue weighted by Crippen LogP contribution is -2.23. The van der Waals surface area contributed by atoms with Gasteiger partial charge in [-0.3, -0.25) is 0 Å². The second-order valence-corrected chi connectivity index (χ2v) is 8.13. The highest BCUT2D eigenvalue weighted by Crippen LogP contribution is 2.35. The summed E-state index contributed by atoms with van der Waals surface area (Å²) in [6.07, 6.45) is -0.232. The quantitative estimate of drug-likeness (QED) is 0.284. The molecule has 0 heterocycles. The van der Waals surface area contributed by atoms with Gasteiger partial charge in [-0.2, -0.15) is 0 Å². The molecule has 154 valence electrons. The summed E-state index contributed by atoms with van der Waals surface area (Å²) < 4.78 is 6.54. The lowest BCUT2D eigenvalue weighted by Gasteiger charge is -2.29. The molecule has 1 unspecified atom stereocenters. The first-order valence-corrected chi connectivity index (χ1v) is 11.0. The summed E-state index contributed by atoms with van der Waals surface area (Å²) in [7, 11) is 0. The maximum absolute atomic E-state index is 6.54. The van der Waals surface area contributed by atoms with Crippen LogP contribution in [0.1, 0.15) is 41.2 Å². The van der Waals surface area contributed by atoms with Crippen LogP contribution in [0.2, 0.25) is 0 Å². The minimum Gasteiger partial charge on any atom is -0.474 e. The van der Waals surface area contributed by atoms with Crippen LogP contribution in [0.3, 0.4) is 0 Å². The molecule has 0 amide bonds. The van der Waals surface area contributed by atoms with Crippen LogP contribution >= 0.6 is 12.2 Å². The first-order valence-electron chi connectivity index (χ1n) is 10.6. The van der Waals surface area contributed by atoms with Crippen LogP contribution in [-0.2, 0) is 4.74 Å². The fourth-order valence-corrected chi connectivity index (χ4v) is 4.27. The van der Waals surface area contributed by atoms with Crippen molar-refractivity contribution in [2.24, 2.45) is 5.92 Å². The highest BCUT2D eigenvalue weighted by Gasteiger charge is 2.28. The Morgan fingerprint density at radius 2 is 0.871 bits per heavy atom. The molecule has 0 spiro atoms. The maximum atomic E-state index is 6.54. The lowest BCUT2D eigenvalue weighted by molar-refractivity contribution is 0.222. The van der Waals surface area contributed by atoms with Crippen molar-refractivity contribution >= 4 is 17.3 Å². The van der Waals surface area contributed by atoms with E-state index in [-0.39, 0.29) is 17.9 Å². The Morgan fingerprint density at radius 1 is 0.548 bits per heavy atom. The maximum Gasteiger partial charge on any atom is 0.164 e. The monoisotopic (exact) mass is 422 g/mol. The molecule has 0 aliphatic carbocycles. The van der Waals surface area contributed by atoms with Crippen molar-refractivity contribution in [2.45, 2.75) is 18.9 Å². The Labute approximate surface area is 190 Å². The molecule has 4 aromatic carbocycles. The van der Waals surface area contributed by atoms with Crippen LogP contribution in [0.25, 0.3) is 0 Å². The molecular weight excluding hydrogens is 396 g/mol. The van der Waals surface area contributed by atoms with Crippen molar-refractivity contribution in [3.05, 3.63) is 144 Å². The molecule has 0 bridgehead atoms. The van der Waals surface area contributed by atoms with Gasteiger partial charge in [-0.1, -0.05) is 128 Å². The van der Waals surface area contributed by atoms with Crippen LogP contribution < -0.4 is 0 Å². The zero-order valence-electron chi connectivity index (χ0n) is 17.6. The van der Waals surface area contributed by atoms with E-state index in [1.165, 1.54) is 11.1 Å². The molecule has 0 aliphatic heterocycles. The Hall–Kier alpha value is -3.23. The van der Waals surface area contributed by atoms with Crippen molar-refractivity contribution in [2.75, 3.05) is 0 Å². The van der Waals surface area contributed by atoms with Gasteiger partial charge in [-0.15, -0.1) is 0 Å². The highest BCUT2D eigenvalue weighted by atomic mass is 32.1. The molecule has 0 saturated heterocycles. The highest BCUT2D eigenvalue weighted by molar-refractivity contribution is 7.80.